The number of hydrogen-bond acceptors (Lipinski definition) is 6. The van der Waals surface area contributed by atoms with Crippen LogP contribution in [0.25, 0.3) is 0 Å². The number of carbonyl (C=O) groups is 2. The molecule has 0 radical (unpaired) electrons. The number of nitrogens with one attached hydrogen (secondary N) is 1. The molecule has 156 valence electrons. The van der Waals surface area contributed by atoms with Crippen molar-refractivity contribution in [1.82, 2.24) is 5.32 Å². The molecule has 2 rings (SSSR count). The average Bonchev–Trinajstić information content (AvgIpc) is 2.70. The molecule has 0 aromatic heterocycles. The van der Waals surface area contributed by atoms with Crippen LogP contribution in [0.2, 0.25) is 0 Å². The fraction of sp³-hybridized carbons (Fsp3) is 0.619. The molecule has 1 fully saturated rings. The molecule has 0 aliphatic heterocycles. The van der Waals surface area contributed by atoms with Crippen molar-refractivity contribution < 1.29 is 28.5 Å². The molecule has 1 aliphatic carbocycles. The van der Waals surface area contributed by atoms with Crippen molar-refractivity contribution in [1.29, 1.82) is 0 Å². The second-order valence-corrected chi connectivity index (χ2v) is 6.69. The predicted octanol–water partition coefficient (Wildman–Crippen LogP) is 3.49. The third-order valence-electron chi connectivity index (χ3n) is 4.81. The lowest BCUT2D eigenvalue weighted by Gasteiger charge is -2.35. The summed E-state index contributed by atoms with van der Waals surface area (Å²) in [5.74, 6) is 0.592. The van der Waals surface area contributed by atoms with E-state index < -0.39 is 11.5 Å². The Kier molecular flexibility index (Phi) is 7.96. The van der Waals surface area contributed by atoms with Crippen LogP contribution >= 0.6 is 0 Å². The molecule has 1 amide bonds. The lowest BCUT2D eigenvalue weighted by atomic mass is 9.81. The quantitative estimate of drug-likeness (QED) is 0.647. The van der Waals surface area contributed by atoms with Crippen molar-refractivity contribution in [2.45, 2.75) is 58.4 Å². The molecule has 28 heavy (non-hydrogen) atoms. The standard InChI is InChI=1S/C21H31NO6/c1-5-26-16-13-15(14-17(27-6-2)18(16)28-7-3)19(23)22-21(20(24)25-4)11-9-8-10-12-21/h13-14H,5-12H2,1-4H3,(H,22,23). The Morgan fingerprint density at radius 1 is 0.929 bits per heavy atom. The van der Waals surface area contributed by atoms with Crippen LogP contribution < -0.4 is 19.5 Å². The smallest absolute Gasteiger partial charge is 0.331 e. The van der Waals surface area contributed by atoms with E-state index >= 15 is 0 Å². The van der Waals surface area contributed by atoms with E-state index in [-0.39, 0.29) is 5.91 Å². The zero-order valence-electron chi connectivity index (χ0n) is 17.3. The number of ether oxygens (including phenoxy) is 4. The Bertz CT molecular complexity index is 654. The van der Waals surface area contributed by atoms with Crippen LogP contribution in [0.5, 0.6) is 17.2 Å². The van der Waals surface area contributed by atoms with Gasteiger partial charge in [-0.05, 0) is 45.7 Å². The highest BCUT2D eigenvalue weighted by atomic mass is 16.5. The van der Waals surface area contributed by atoms with Gasteiger partial charge in [-0.25, -0.2) is 4.79 Å². The first-order valence-corrected chi connectivity index (χ1v) is 9.98. The summed E-state index contributed by atoms with van der Waals surface area (Å²) in [7, 11) is 1.35. The lowest BCUT2D eigenvalue weighted by molar-refractivity contribution is -0.149. The maximum Gasteiger partial charge on any atom is 0.331 e. The van der Waals surface area contributed by atoms with E-state index in [1.54, 1.807) is 12.1 Å². The SMILES string of the molecule is CCOc1cc(C(=O)NC2(C(=O)OC)CCCCC2)cc(OCC)c1OCC. The topological polar surface area (TPSA) is 83.1 Å². The molecule has 7 nitrogen and oxygen atoms in total. The predicted molar refractivity (Wildman–Crippen MR) is 105 cm³/mol. The largest absolute Gasteiger partial charge is 0.490 e. The highest BCUT2D eigenvalue weighted by Gasteiger charge is 2.42. The van der Waals surface area contributed by atoms with Gasteiger partial charge in [-0.1, -0.05) is 19.3 Å². The summed E-state index contributed by atoms with van der Waals surface area (Å²) in [5, 5.41) is 2.92. The minimum Gasteiger partial charge on any atom is -0.490 e. The third-order valence-corrected chi connectivity index (χ3v) is 4.81. The molecule has 0 bridgehead atoms. The Balaban J connectivity index is 2.38. The van der Waals surface area contributed by atoms with E-state index in [1.165, 1.54) is 7.11 Å². The first-order valence-electron chi connectivity index (χ1n) is 9.98. The van der Waals surface area contributed by atoms with E-state index in [1.807, 2.05) is 20.8 Å². The molecule has 1 aromatic carbocycles. The maximum atomic E-state index is 13.0. The third kappa shape index (κ3) is 4.88. The van der Waals surface area contributed by atoms with Crippen LogP contribution in [0.1, 0.15) is 63.2 Å². The van der Waals surface area contributed by atoms with Crippen molar-refractivity contribution in [3.8, 4) is 17.2 Å². The van der Waals surface area contributed by atoms with Crippen molar-refractivity contribution >= 4 is 11.9 Å². The molecule has 1 aromatic rings. The summed E-state index contributed by atoms with van der Waals surface area (Å²) in [6.45, 7) is 6.87. The monoisotopic (exact) mass is 393 g/mol. The van der Waals surface area contributed by atoms with Gasteiger partial charge in [-0.3, -0.25) is 4.79 Å². The second kappa shape index (κ2) is 10.2. The molecule has 0 heterocycles. The summed E-state index contributed by atoms with van der Waals surface area (Å²) in [6, 6.07) is 3.25. The van der Waals surface area contributed by atoms with Gasteiger partial charge >= 0.3 is 5.97 Å². The van der Waals surface area contributed by atoms with E-state index in [2.05, 4.69) is 5.32 Å². The zero-order valence-corrected chi connectivity index (χ0v) is 17.3. The van der Waals surface area contributed by atoms with E-state index in [0.717, 1.165) is 19.3 Å². The van der Waals surface area contributed by atoms with Crippen molar-refractivity contribution in [2.24, 2.45) is 0 Å². The fourth-order valence-electron chi connectivity index (χ4n) is 3.54. The van der Waals surface area contributed by atoms with Gasteiger partial charge in [0.25, 0.3) is 5.91 Å². The fourth-order valence-corrected chi connectivity index (χ4v) is 3.54. The van der Waals surface area contributed by atoms with Crippen LogP contribution in [-0.4, -0.2) is 44.3 Å². The van der Waals surface area contributed by atoms with E-state index in [9.17, 15) is 9.59 Å². The molecule has 0 unspecified atom stereocenters. The Labute approximate surface area is 166 Å². The summed E-state index contributed by atoms with van der Waals surface area (Å²) >= 11 is 0. The number of rotatable bonds is 9. The van der Waals surface area contributed by atoms with Crippen molar-refractivity contribution in [3.05, 3.63) is 17.7 Å². The van der Waals surface area contributed by atoms with Crippen LogP contribution in [0, 0.1) is 0 Å². The van der Waals surface area contributed by atoms with Crippen LogP contribution in [0.15, 0.2) is 12.1 Å². The second-order valence-electron chi connectivity index (χ2n) is 6.69. The molecular weight excluding hydrogens is 362 g/mol. The Morgan fingerprint density at radius 3 is 1.93 bits per heavy atom. The molecule has 1 saturated carbocycles. The molecule has 0 atom stereocenters. The first kappa shape index (κ1) is 21.9. The Morgan fingerprint density at radius 2 is 1.46 bits per heavy atom. The van der Waals surface area contributed by atoms with Gasteiger partial charge in [0.1, 0.15) is 5.54 Å². The number of hydrogen-bond donors (Lipinski definition) is 1. The van der Waals surface area contributed by atoms with E-state index in [4.69, 9.17) is 18.9 Å². The van der Waals surface area contributed by atoms with Gasteiger partial charge in [-0.15, -0.1) is 0 Å². The van der Waals surface area contributed by atoms with Crippen LogP contribution in [-0.2, 0) is 9.53 Å². The van der Waals surface area contributed by atoms with Crippen LogP contribution in [0.4, 0.5) is 0 Å². The minimum absolute atomic E-state index is 0.351. The summed E-state index contributed by atoms with van der Waals surface area (Å²) in [6.07, 6.45) is 3.92. The number of esters is 1. The van der Waals surface area contributed by atoms with E-state index in [0.29, 0.717) is 55.5 Å². The number of amides is 1. The highest BCUT2D eigenvalue weighted by molar-refractivity contribution is 5.99. The molecular formula is C21H31NO6. The van der Waals surface area contributed by atoms with Gasteiger partial charge in [0.15, 0.2) is 11.5 Å². The normalized spacial score (nSPS) is 15.4. The lowest BCUT2D eigenvalue weighted by Crippen LogP contribution is -2.56. The van der Waals surface area contributed by atoms with Gasteiger partial charge in [0.2, 0.25) is 5.75 Å². The Hall–Kier alpha value is -2.44. The zero-order chi connectivity index (χ0) is 20.6. The molecule has 0 spiro atoms. The average molecular weight is 393 g/mol. The number of carbonyl (C=O) groups excluding carboxylic acids is 2. The highest BCUT2D eigenvalue weighted by Crippen LogP contribution is 2.39. The molecule has 1 N–H and O–H groups in total. The number of benzene rings is 1. The molecule has 7 heteroatoms. The van der Waals surface area contributed by atoms with Crippen molar-refractivity contribution in [3.63, 3.8) is 0 Å². The van der Waals surface area contributed by atoms with Crippen molar-refractivity contribution in [2.75, 3.05) is 26.9 Å². The summed E-state index contributed by atoms with van der Waals surface area (Å²) < 4.78 is 22.0. The minimum atomic E-state index is -0.986. The van der Waals surface area contributed by atoms with Gasteiger partial charge in [0.05, 0.1) is 26.9 Å². The van der Waals surface area contributed by atoms with Gasteiger partial charge in [-0.2, -0.15) is 0 Å². The number of methoxy groups -OCH3 is 1. The summed E-state index contributed by atoms with van der Waals surface area (Å²) in [5.41, 5.74) is -0.635. The molecule has 1 aliphatic rings. The maximum absolute atomic E-state index is 13.0. The first-order chi connectivity index (χ1) is 13.5. The molecule has 0 saturated heterocycles. The summed E-state index contributed by atoms with van der Waals surface area (Å²) in [4.78, 5) is 25.5. The van der Waals surface area contributed by atoms with Gasteiger partial charge < -0.3 is 24.3 Å². The van der Waals surface area contributed by atoms with Crippen LogP contribution in [0.3, 0.4) is 0 Å². The van der Waals surface area contributed by atoms with Gasteiger partial charge in [0, 0.05) is 5.56 Å².